The molecule has 0 aliphatic carbocycles. The minimum Gasteiger partial charge on any atom is -0.418 e. The van der Waals surface area contributed by atoms with Gasteiger partial charge in [-0.15, -0.1) is 0 Å². The lowest BCUT2D eigenvalue weighted by molar-refractivity contribution is -0.870. The largest absolute Gasteiger partial charge is 0.463 e. The van der Waals surface area contributed by atoms with Gasteiger partial charge in [-0.05, 0) is 30.7 Å². The molecule has 6 nitrogen and oxygen atoms in total. The average molecular weight is 426 g/mol. The summed E-state index contributed by atoms with van der Waals surface area (Å²) in [6, 6.07) is 19.1. The van der Waals surface area contributed by atoms with E-state index in [1.807, 2.05) is 60.7 Å². The molecule has 1 unspecified atom stereocenters. The van der Waals surface area contributed by atoms with Crippen molar-refractivity contribution >= 4 is 17.6 Å². The maximum absolute atomic E-state index is 5.86. The number of benzene rings is 2. The highest BCUT2D eigenvalue weighted by Gasteiger charge is 2.17. The average Bonchev–Trinajstić information content (AvgIpc) is 2.67. The Morgan fingerprint density at radius 2 is 1.29 bits per heavy atom. The number of para-hydroxylation sites is 2. The van der Waals surface area contributed by atoms with Gasteiger partial charge in [-0.3, -0.25) is 4.52 Å². The van der Waals surface area contributed by atoms with Gasteiger partial charge >= 0.3 is 8.60 Å². The third-order valence-electron chi connectivity index (χ3n) is 3.42. The summed E-state index contributed by atoms with van der Waals surface area (Å²) in [5.74, 6) is 1.43. The Bertz CT molecular complexity index is 599. The van der Waals surface area contributed by atoms with E-state index in [2.05, 4.69) is 21.1 Å². The van der Waals surface area contributed by atoms with Crippen LogP contribution in [0.15, 0.2) is 60.7 Å². The zero-order valence-corrected chi connectivity index (χ0v) is 18.6. The summed E-state index contributed by atoms with van der Waals surface area (Å²) >= 11 is 0. The SMILES string of the molecule is C[N+](C)(C)CCOPOCCCOP(Oc1ccccc1)Oc1ccccc1. The summed E-state index contributed by atoms with van der Waals surface area (Å²) < 4.78 is 29.4. The topological polar surface area (TPSA) is 46.2 Å². The van der Waals surface area contributed by atoms with E-state index in [4.69, 9.17) is 22.6 Å². The van der Waals surface area contributed by atoms with Crippen LogP contribution in [0.5, 0.6) is 11.5 Å². The lowest BCUT2D eigenvalue weighted by atomic mass is 10.3. The van der Waals surface area contributed by atoms with Gasteiger partial charge in [0.25, 0.3) is 0 Å². The molecule has 8 heteroatoms. The quantitative estimate of drug-likeness (QED) is 0.241. The molecule has 0 aliphatic heterocycles. The molecular formula is C20H30NO5P2+. The molecule has 154 valence electrons. The fourth-order valence-electron chi connectivity index (χ4n) is 1.92. The van der Waals surface area contributed by atoms with Crippen LogP contribution >= 0.6 is 17.6 Å². The molecule has 0 aliphatic rings. The molecule has 0 aromatic heterocycles. The predicted molar refractivity (Wildman–Crippen MR) is 115 cm³/mol. The van der Waals surface area contributed by atoms with Crippen LogP contribution in [-0.2, 0) is 13.6 Å². The Kier molecular flexibility index (Phi) is 10.7. The minimum absolute atomic E-state index is 0.0568. The van der Waals surface area contributed by atoms with Gasteiger partial charge in [0.1, 0.15) is 24.7 Å². The summed E-state index contributed by atoms with van der Waals surface area (Å²) in [5, 5.41) is 0. The third kappa shape index (κ3) is 10.9. The summed E-state index contributed by atoms with van der Waals surface area (Å²) in [6.07, 6.45) is 0.737. The number of likely N-dealkylation sites (N-methyl/N-ethyl adjacent to an activating group) is 1. The molecule has 0 bridgehead atoms. The van der Waals surface area contributed by atoms with Crippen molar-refractivity contribution in [1.82, 2.24) is 0 Å². The number of quaternary nitrogens is 1. The van der Waals surface area contributed by atoms with E-state index in [9.17, 15) is 0 Å². The van der Waals surface area contributed by atoms with E-state index in [0.717, 1.165) is 17.4 Å². The molecule has 2 rings (SSSR count). The molecule has 0 fully saturated rings. The Morgan fingerprint density at radius 3 is 1.82 bits per heavy atom. The monoisotopic (exact) mass is 426 g/mol. The van der Waals surface area contributed by atoms with Gasteiger partial charge < -0.3 is 22.6 Å². The minimum atomic E-state index is -1.54. The van der Waals surface area contributed by atoms with Crippen LogP contribution in [0.2, 0.25) is 0 Å². The molecule has 0 amide bonds. The standard InChI is InChI=1S/C20H30NO5P2/c1-21(2,3)15-18-23-27-22-16-10-17-24-28(25-19-11-6-4-7-12-19)26-20-13-8-5-9-14-20/h4-9,11-14,27H,10,15-18H2,1-3H3/q+1. The van der Waals surface area contributed by atoms with E-state index < -0.39 is 8.60 Å². The van der Waals surface area contributed by atoms with Crippen molar-refractivity contribution in [2.45, 2.75) is 6.42 Å². The molecular weight excluding hydrogens is 396 g/mol. The van der Waals surface area contributed by atoms with Crippen LogP contribution in [0.25, 0.3) is 0 Å². The number of hydrogen-bond donors (Lipinski definition) is 0. The molecule has 0 saturated heterocycles. The van der Waals surface area contributed by atoms with Crippen LogP contribution in [0, 0.1) is 0 Å². The molecule has 0 saturated carbocycles. The summed E-state index contributed by atoms with van der Waals surface area (Å²) in [7, 11) is 4.92. The van der Waals surface area contributed by atoms with Crippen molar-refractivity contribution in [3.05, 3.63) is 60.7 Å². The van der Waals surface area contributed by atoms with Crippen LogP contribution in [0.4, 0.5) is 0 Å². The van der Waals surface area contributed by atoms with Crippen LogP contribution in [0.1, 0.15) is 6.42 Å². The highest BCUT2D eigenvalue weighted by Crippen LogP contribution is 2.41. The number of rotatable bonds is 14. The summed E-state index contributed by atoms with van der Waals surface area (Å²) in [6.45, 7) is 2.70. The Morgan fingerprint density at radius 1 is 0.750 bits per heavy atom. The molecule has 2 aromatic carbocycles. The maximum Gasteiger partial charge on any atom is 0.463 e. The lowest BCUT2D eigenvalue weighted by Gasteiger charge is -2.23. The first kappa shape index (κ1) is 23.0. The molecule has 0 spiro atoms. The van der Waals surface area contributed by atoms with Crippen molar-refractivity contribution in [1.29, 1.82) is 0 Å². The second kappa shape index (κ2) is 13.1. The maximum atomic E-state index is 5.86. The normalized spacial score (nSPS) is 12.0. The fourth-order valence-corrected chi connectivity index (χ4v) is 3.42. The van der Waals surface area contributed by atoms with Gasteiger partial charge in [-0.25, -0.2) is 0 Å². The van der Waals surface area contributed by atoms with Gasteiger partial charge in [0.05, 0.1) is 34.4 Å². The van der Waals surface area contributed by atoms with E-state index in [1.54, 1.807) is 0 Å². The Labute approximate surface area is 171 Å². The molecule has 0 N–H and O–H groups in total. The zero-order chi connectivity index (χ0) is 20.1. The van der Waals surface area contributed by atoms with Crippen LogP contribution < -0.4 is 9.05 Å². The predicted octanol–water partition coefficient (Wildman–Crippen LogP) is 5.03. The Balaban J connectivity index is 1.66. The fraction of sp³-hybridized carbons (Fsp3) is 0.400. The van der Waals surface area contributed by atoms with Gasteiger partial charge in [-0.2, -0.15) is 0 Å². The van der Waals surface area contributed by atoms with Crippen molar-refractivity contribution < 1.29 is 27.1 Å². The van der Waals surface area contributed by atoms with Gasteiger partial charge in [0.15, 0.2) is 9.03 Å². The van der Waals surface area contributed by atoms with Crippen LogP contribution in [0.3, 0.4) is 0 Å². The number of hydrogen-bond acceptors (Lipinski definition) is 5. The first-order valence-corrected chi connectivity index (χ1v) is 11.1. The first-order valence-electron chi connectivity index (χ1n) is 9.21. The molecule has 28 heavy (non-hydrogen) atoms. The van der Waals surface area contributed by atoms with Crippen molar-refractivity contribution in [2.24, 2.45) is 0 Å². The van der Waals surface area contributed by atoms with Crippen molar-refractivity contribution in [3.63, 3.8) is 0 Å². The molecule has 2 aromatic rings. The summed E-state index contributed by atoms with van der Waals surface area (Å²) in [5.41, 5.74) is 0. The first-order chi connectivity index (χ1) is 13.5. The molecule has 1 atom stereocenters. The van der Waals surface area contributed by atoms with E-state index in [0.29, 0.717) is 31.3 Å². The van der Waals surface area contributed by atoms with Crippen LogP contribution in [-0.4, -0.2) is 52.0 Å². The summed E-state index contributed by atoms with van der Waals surface area (Å²) in [4.78, 5) is 0. The lowest BCUT2D eigenvalue weighted by Crippen LogP contribution is -2.37. The van der Waals surface area contributed by atoms with Crippen molar-refractivity contribution in [2.75, 3.05) is 47.5 Å². The van der Waals surface area contributed by atoms with Crippen molar-refractivity contribution in [3.8, 4) is 11.5 Å². The molecule has 0 radical (unpaired) electrons. The van der Waals surface area contributed by atoms with E-state index in [-0.39, 0.29) is 9.03 Å². The van der Waals surface area contributed by atoms with Gasteiger partial charge in [-0.1, -0.05) is 36.4 Å². The molecule has 0 heterocycles. The highest BCUT2D eigenvalue weighted by molar-refractivity contribution is 7.42. The number of nitrogens with zero attached hydrogens (tertiary/aromatic N) is 1. The second-order valence-corrected chi connectivity index (χ2v) is 8.83. The van der Waals surface area contributed by atoms with Gasteiger partial charge in [0.2, 0.25) is 0 Å². The van der Waals surface area contributed by atoms with E-state index in [1.165, 1.54) is 0 Å². The van der Waals surface area contributed by atoms with Gasteiger partial charge in [0, 0.05) is 0 Å². The smallest absolute Gasteiger partial charge is 0.418 e. The Hall–Kier alpha value is -1.26. The second-order valence-electron chi connectivity index (χ2n) is 7.01. The highest BCUT2D eigenvalue weighted by atomic mass is 31.2. The van der Waals surface area contributed by atoms with E-state index >= 15 is 0 Å². The third-order valence-corrected chi connectivity index (χ3v) is 5.17. The zero-order valence-electron chi connectivity index (χ0n) is 16.7.